The minimum atomic E-state index is -0.272. The highest BCUT2D eigenvalue weighted by atomic mass is 16.3. The van der Waals surface area contributed by atoms with E-state index in [9.17, 15) is 4.79 Å². The van der Waals surface area contributed by atoms with Gasteiger partial charge in [0.1, 0.15) is 0 Å². The first-order chi connectivity index (χ1) is 4.81. The Morgan fingerprint density at radius 2 is 2.30 bits per heavy atom. The fraction of sp³-hybridized carbons (Fsp3) is 0.857. The van der Waals surface area contributed by atoms with Gasteiger partial charge in [-0.3, -0.25) is 4.79 Å². The molecule has 1 radical (unpaired) electrons. The standard InChI is InChI=1S/C7H14NO2/c1-2-3-7(10)4-5-8-6-9/h7,10H,2-5H2,1H3,(H,8,9). The molecule has 1 atom stereocenters. The number of carbonyl (C=O) groups excluding carboxylic acids is 1. The summed E-state index contributed by atoms with van der Waals surface area (Å²) in [6.07, 6.45) is 3.69. The normalized spacial score (nSPS) is 12.6. The molecular weight excluding hydrogens is 130 g/mol. The van der Waals surface area contributed by atoms with Crippen LogP contribution in [-0.2, 0) is 4.79 Å². The van der Waals surface area contributed by atoms with Crippen molar-refractivity contribution in [2.45, 2.75) is 32.3 Å². The van der Waals surface area contributed by atoms with Crippen molar-refractivity contribution in [2.24, 2.45) is 0 Å². The Morgan fingerprint density at radius 3 is 2.80 bits per heavy atom. The molecule has 0 aliphatic carbocycles. The van der Waals surface area contributed by atoms with Gasteiger partial charge >= 0.3 is 6.41 Å². The molecule has 0 aromatic rings. The van der Waals surface area contributed by atoms with E-state index >= 15 is 0 Å². The van der Waals surface area contributed by atoms with Gasteiger partial charge in [0.05, 0.1) is 6.10 Å². The van der Waals surface area contributed by atoms with Crippen LogP contribution in [0.15, 0.2) is 0 Å². The lowest BCUT2D eigenvalue weighted by molar-refractivity contribution is 0.155. The molecule has 59 valence electrons. The first-order valence-corrected chi connectivity index (χ1v) is 3.59. The monoisotopic (exact) mass is 144 g/mol. The van der Waals surface area contributed by atoms with Gasteiger partial charge in [-0.1, -0.05) is 13.3 Å². The maximum Gasteiger partial charge on any atom is 0.309 e. The molecule has 0 aromatic heterocycles. The summed E-state index contributed by atoms with van der Waals surface area (Å²) in [5, 5.41) is 11.5. The molecular formula is C7H14NO2. The molecule has 0 heterocycles. The summed E-state index contributed by atoms with van der Waals surface area (Å²) >= 11 is 0. The summed E-state index contributed by atoms with van der Waals surface area (Å²) in [5.74, 6) is 0. The minimum Gasteiger partial charge on any atom is -0.393 e. The Bertz CT molecular complexity index is 85.7. The number of amides is 1. The summed E-state index contributed by atoms with van der Waals surface area (Å²) in [5.41, 5.74) is 0. The maximum atomic E-state index is 9.63. The molecule has 0 aliphatic rings. The van der Waals surface area contributed by atoms with Crippen molar-refractivity contribution in [3.63, 3.8) is 0 Å². The van der Waals surface area contributed by atoms with Gasteiger partial charge in [0, 0.05) is 6.54 Å². The van der Waals surface area contributed by atoms with E-state index in [1.54, 1.807) is 6.41 Å². The lowest BCUT2D eigenvalue weighted by atomic mass is 10.1. The van der Waals surface area contributed by atoms with Gasteiger partial charge in [0.15, 0.2) is 0 Å². The first kappa shape index (κ1) is 9.43. The van der Waals surface area contributed by atoms with Crippen molar-refractivity contribution in [1.29, 1.82) is 0 Å². The fourth-order valence-corrected chi connectivity index (χ4v) is 0.767. The quantitative estimate of drug-likeness (QED) is 0.413. The topological polar surface area (TPSA) is 49.3 Å². The zero-order valence-electron chi connectivity index (χ0n) is 6.26. The summed E-state index contributed by atoms with van der Waals surface area (Å²) in [6.45, 7) is 2.53. The van der Waals surface area contributed by atoms with Crippen LogP contribution >= 0.6 is 0 Å². The van der Waals surface area contributed by atoms with Gasteiger partial charge < -0.3 is 10.4 Å². The Hall–Kier alpha value is -0.570. The lowest BCUT2D eigenvalue weighted by Gasteiger charge is -2.06. The summed E-state index contributed by atoms with van der Waals surface area (Å²) in [6, 6.07) is 0. The van der Waals surface area contributed by atoms with Crippen molar-refractivity contribution in [3.05, 3.63) is 0 Å². The number of rotatable bonds is 6. The summed E-state index contributed by atoms with van der Waals surface area (Å²) < 4.78 is 0. The predicted octanol–water partition coefficient (Wildman–Crippen LogP) is 0.194. The van der Waals surface area contributed by atoms with Crippen LogP contribution in [0.5, 0.6) is 0 Å². The van der Waals surface area contributed by atoms with Crippen LogP contribution in [0.2, 0.25) is 0 Å². The average molecular weight is 144 g/mol. The molecule has 0 saturated heterocycles. The molecule has 0 bridgehead atoms. The highest BCUT2D eigenvalue weighted by Crippen LogP contribution is 1.98. The molecule has 0 aromatic carbocycles. The minimum absolute atomic E-state index is 0.272. The number of hydrogen-bond acceptors (Lipinski definition) is 2. The second kappa shape index (κ2) is 6.55. The fourth-order valence-electron chi connectivity index (χ4n) is 0.767. The van der Waals surface area contributed by atoms with Crippen LogP contribution in [0.25, 0.3) is 0 Å². The van der Waals surface area contributed by atoms with E-state index < -0.39 is 0 Å². The summed E-state index contributed by atoms with van der Waals surface area (Å²) in [7, 11) is 0. The van der Waals surface area contributed by atoms with Crippen molar-refractivity contribution in [1.82, 2.24) is 5.32 Å². The van der Waals surface area contributed by atoms with Gasteiger partial charge in [-0.05, 0) is 12.8 Å². The SMILES string of the molecule is CCCC(O)CCN[C]=O. The van der Waals surface area contributed by atoms with Crippen LogP contribution in [0.1, 0.15) is 26.2 Å². The van der Waals surface area contributed by atoms with Crippen molar-refractivity contribution in [2.75, 3.05) is 6.54 Å². The van der Waals surface area contributed by atoms with Gasteiger partial charge in [0.2, 0.25) is 0 Å². The molecule has 0 aliphatic heterocycles. The van der Waals surface area contributed by atoms with E-state index in [0.29, 0.717) is 13.0 Å². The van der Waals surface area contributed by atoms with Crippen LogP contribution in [0.3, 0.4) is 0 Å². The third kappa shape index (κ3) is 5.56. The predicted molar refractivity (Wildman–Crippen MR) is 39.2 cm³/mol. The van der Waals surface area contributed by atoms with E-state index in [1.165, 1.54) is 0 Å². The molecule has 3 heteroatoms. The van der Waals surface area contributed by atoms with E-state index in [4.69, 9.17) is 5.11 Å². The van der Waals surface area contributed by atoms with Gasteiger partial charge in [-0.2, -0.15) is 0 Å². The molecule has 0 fully saturated rings. The molecule has 0 spiro atoms. The van der Waals surface area contributed by atoms with Crippen molar-refractivity contribution < 1.29 is 9.90 Å². The lowest BCUT2D eigenvalue weighted by Crippen LogP contribution is -2.18. The van der Waals surface area contributed by atoms with E-state index in [2.05, 4.69) is 5.32 Å². The van der Waals surface area contributed by atoms with E-state index in [1.807, 2.05) is 6.92 Å². The van der Waals surface area contributed by atoms with Gasteiger partial charge in [0.25, 0.3) is 0 Å². The number of nitrogens with one attached hydrogen (secondary N) is 1. The van der Waals surface area contributed by atoms with E-state index in [0.717, 1.165) is 12.8 Å². The highest BCUT2D eigenvalue weighted by Gasteiger charge is 2.00. The molecule has 0 rings (SSSR count). The largest absolute Gasteiger partial charge is 0.393 e. The third-order valence-corrected chi connectivity index (χ3v) is 1.30. The second-order valence-corrected chi connectivity index (χ2v) is 2.26. The zero-order valence-corrected chi connectivity index (χ0v) is 6.26. The highest BCUT2D eigenvalue weighted by molar-refractivity contribution is 5.46. The Kier molecular flexibility index (Phi) is 6.18. The van der Waals surface area contributed by atoms with Crippen LogP contribution in [0.4, 0.5) is 0 Å². The van der Waals surface area contributed by atoms with Crippen LogP contribution in [0, 0.1) is 0 Å². The third-order valence-electron chi connectivity index (χ3n) is 1.30. The number of hydrogen-bond donors (Lipinski definition) is 2. The van der Waals surface area contributed by atoms with E-state index in [-0.39, 0.29) is 6.10 Å². The van der Waals surface area contributed by atoms with Gasteiger partial charge in [-0.15, -0.1) is 0 Å². The smallest absolute Gasteiger partial charge is 0.309 e. The Morgan fingerprint density at radius 1 is 1.60 bits per heavy atom. The molecule has 0 saturated carbocycles. The summed E-state index contributed by atoms with van der Waals surface area (Å²) in [4.78, 5) is 9.63. The first-order valence-electron chi connectivity index (χ1n) is 3.59. The van der Waals surface area contributed by atoms with Gasteiger partial charge in [-0.25, -0.2) is 0 Å². The van der Waals surface area contributed by atoms with Crippen molar-refractivity contribution in [3.8, 4) is 0 Å². The molecule has 10 heavy (non-hydrogen) atoms. The molecule has 1 unspecified atom stereocenters. The maximum absolute atomic E-state index is 9.63. The zero-order chi connectivity index (χ0) is 7.82. The second-order valence-electron chi connectivity index (χ2n) is 2.26. The Balaban J connectivity index is 3.04. The Labute approximate surface area is 61.4 Å². The molecule has 1 amide bonds. The molecule has 2 N–H and O–H groups in total. The van der Waals surface area contributed by atoms with Crippen LogP contribution in [-0.4, -0.2) is 24.2 Å². The average Bonchev–Trinajstić information content (AvgIpc) is 1.89. The number of aliphatic hydroxyl groups is 1. The van der Waals surface area contributed by atoms with Crippen molar-refractivity contribution >= 4 is 6.41 Å². The molecule has 3 nitrogen and oxygen atoms in total. The number of aliphatic hydroxyl groups excluding tert-OH is 1. The van der Waals surface area contributed by atoms with Crippen LogP contribution < -0.4 is 5.32 Å².